The molecule has 0 saturated carbocycles. The number of benzene rings is 1. The van der Waals surface area contributed by atoms with E-state index >= 15 is 0 Å². The number of aryl methyl sites for hydroxylation is 2. The van der Waals surface area contributed by atoms with E-state index in [1.807, 2.05) is 31.2 Å². The highest BCUT2D eigenvalue weighted by molar-refractivity contribution is 6.31. The second-order valence-corrected chi connectivity index (χ2v) is 8.27. The SMILES string of the molecule is Cc1c(C2CN(C(=O)/C=C/c3cnc4c(c3)CCC(=O)N4)C2)oc2ccc(Cl)cc12. The fourth-order valence-electron chi connectivity index (χ4n) is 4.06. The van der Waals surface area contributed by atoms with Crippen LogP contribution in [-0.2, 0) is 16.0 Å². The molecule has 2 amide bonds. The van der Waals surface area contributed by atoms with Gasteiger partial charge >= 0.3 is 0 Å². The van der Waals surface area contributed by atoms with Crippen LogP contribution < -0.4 is 5.32 Å². The molecule has 1 saturated heterocycles. The topological polar surface area (TPSA) is 75.4 Å². The summed E-state index contributed by atoms with van der Waals surface area (Å²) < 4.78 is 6.02. The lowest BCUT2D eigenvalue weighted by Gasteiger charge is -2.37. The predicted octanol–water partition coefficient (Wildman–Crippen LogP) is 4.31. The number of fused-ring (bicyclic) bond motifs is 2. The first-order chi connectivity index (χ1) is 14.5. The highest BCUT2D eigenvalue weighted by Crippen LogP contribution is 2.36. The molecule has 1 fully saturated rings. The van der Waals surface area contributed by atoms with Gasteiger partial charge in [0.15, 0.2) is 0 Å². The Labute approximate surface area is 178 Å². The van der Waals surface area contributed by atoms with Gasteiger partial charge in [-0.15, -0.1) is 0 Å². The van der Waals surface area contributed by atoms with E-state index in [2.05, 4.69) is 10.3 Å². The molecule has 7 heteroatoms. The molecule has 2 aromatic heterocycles. The summed E-state index contributed by atoms with van der Waals surface area (Å²) in [6.07, 6.45) is 6.14. The number of hydrogen-bond acceptors (Lipinski definition) is 4. The summed E-state index contributed by atoms with van der Waals surface area (Å²) in [7, 11) is 0. The smallest absolute Gasteiger partial charge is 0.246 e. The molecule has 5 rings (SSSR count). The van der Waals surface area contributed by atoms with E-state index in [4.69, 9.17) is 16.0 Å². The predicted molar refractivity (Wildman–Crippen MR) is 116 cm³/mol. The summed E-state index contributed by atoms with van der Waals surface area (Å²) >= 11 is 6.10. The number of anilines is 1. The second kappa shape index (κ2) is 7.29. The van der Waals surface area contributed by atoms with Crippen LogP contribution in [0.3, 0.4) is 0 Å². The van der Waals surface area contributed by atoms with E-state index in [1.165, 1.54) is 0 Å². The van der Waals surface area contributed by atoms with E-state index in [1.54, 1.807) is 23.2 Å². The molecule has 4 heterocycles. The number of nitrogens with zero attached hydrogens (tertiary/aromatic N) is 2. The number of carbonyl (C=O) groups excluding carboxylic acids is 2. The Morgan fingerprint density at radius 1 is 1.30 bits per heavy atom. The summed E-state index contributed by atoms with van der Waals surface area (Å²) in [6, 6.07) is 7.59. The number of likely N-dealkylation sites (tertiary alicyclic amines) is 1. The van der Waals surface area contributed by atoms with E-state index in [-0.39, 0.29) is 17.7 Å². The van der Waals surface area contributed by atoms with Gasteiger partial charge in [-0.05, 0) is 60.4 Å². The number of carbonyl (C=O) groups is 2. The van der Waals surface area contributed by atoms with E-state index in [0.29, 0.717) is 36.8 Å². The minimum atomic E-state index is -0.0333. The Balaban J connectivity index is 1.24. The number of aromatic nitrogens is 1. The maximum Gasteiger partial charge on any atom is 0.246 e. The minimum absolute atomic E-state index is 0.0106. The molecule has 0 aliphatic carbocycles. The van der Waals surface area contributed by atoms with Crippen LogP contribution >= 0.6 is 11.6 Å². The van der Waals surface area contributed by atoms with Gasteiger partial charge in [0, 0.05) is 42.2 Å². The number of amides is 2. The average Bonchev–Trinajstić information content (AvgIpc) is 3.01. The van der Waals surface area contributed by atoms with Crippen molar-refractivity contribution in [3.05, 3.63) is 64.0 Å². The molecule has 0 unspecified atom stereocenters. The van der Waals surface area contributed by atoms with Gasteiger partial charge in [-0.2, -0.15) is 0 Å². The Kier molecular flexibility index (Phi) is 4.59. The third kappa shape index (κ3) is 3.37. The van der Waals surface area contributed by atoms with Crippen molar-refractivity contribution in [2.75, 3.05) is 18.4 Å². The van der Waals surface area contributed by atoms with Crippen molar-refractivity contribution in [1.29, 1.82) is 0 Å². The molecule has 30 heavy (non-hydrogen) atoms. The molecule has 0 radical (unpaired) electrons. The first kappa shape index (κ1) is 18.9. The molecule has 2 aliphatic rings. The zero-order valence-electron chi connectivity index (χ0n) is 16.4. The fraction of sp³-hybridized carbons (Fsp3) is 0.261. The first-order valence-electron chi connectivity index (χ1n) is 9.92. The molecular weight excluding hydrogens is 402 g/mol. The molecule has 1 N–H and O–H groups in total. The Bertz CT molecular complexity index is 1210. The number of hydrogen-bond donors (Lipinski definition) is 1. The summed E-state index contributed by atoms with van der Waals surface area (Å²) in [5.41, 5.74) is 3.76. The number of nitrogens with one attached hydrogen (secondary N) is 1. The number of halogens is 1. The third-order valence-corrected chi connectivity index (χ3v) is 6.02. The molecule has 0 spiro atoms. The van der Waals surface area contributed by atoms with E-state index in [9.17, 15) is 9.59 Å². The zero-order chi connectivity index (χ0) is 20.8. The molecule has 3 aromatic rings. The van der Waals surface area contributed by atoms with Crippen molar-refractivity contribution in [1.82, 2.24) is 9.88 Å². The van der Waals surface area contributed by atoms with Crippen molar-refractivity contribution in [3.63, 3.8) is 0 Å². The highest BCUT2D eigenvalue weighted by atomic mass is 35.5. The van der Waals surface area contributed by atoms with Crippen LogP contribution in [0.5, 0.6) is 0 Å². The van der Waals surface area contributed by atoms with Crippen LogP contribution in [-0.4, -0.2) is 34.8 Å². The molecule has 6 nitrogen and oxygen atoms in total. The van der Waals surface area contributed by atoms with Crippen LogP contribution in [0.4, 0.5) is 5.82 Å². The molecular formula is C23H20ClN3O3. The maximum absolute atomic E-state index is 12.5. The van der Waals surface area contributed by atoms with Gasteiger partial charge in [0.25, 0.3) is 0 Å². The van der Waals surface area contributed by atoms with Crippen molar-refractivity contribution in [2.24, 2.45) is 0 Å². The highest BCUT2D eigenvalue weighted by Gasteiger charge is 2.34. The monoisotopic (exact) mass is 421 g/mol. The summed E-state index contributed by atoms with van der Waals surface area (Å²) in [5.74, 6) is 1.70. The lowest BCUT2D eigenvalue weighted by Crippen LogP contribution is -2.47. The standard InChI is InChI=1S/C23H20ClN3O3/c1-13-18-9-17(24)4-5-19(18)30-22(13)16-11-27(12-16)21(29)7-2-14-8-15-3-6-20(28)26-23(15)25-10-14/h2,4-5,7-10,16H,3,6,11-12H2,1H3,(H,25,26,28)/b7-2+. The maximum atomic E-state index is 12.5. The van der Waals surface area contributed by atoms with Gasteiger partial charge in [0.05, 0.1) is 5.92 Å². The second-order valence-electron chi connectivity index (χ2n) is 7.83. The average molecular weight is 422 g/mol. The largest absolute Gasteiger partial charge is 0.460 e. The van der Waals surface area contributed by atoms with Crippen molar-refractivity contribution < 1.29 is 14.0 Å². The summed E-state index contributed by atoms with van der Waals surface area (Å²) in [5, 5.41) is 4.47. The normalized spacial score (nSPS) is 16.6. The quantitative estimate of drug-likeness (QED) is 0.639. The summed E-state index contributed by atoms with van der Waals surface area (Å²) in [6.45, 7) is 3.30. The molecule has 152 valence electrons. The number of furan rings is 1. The molecule has 1 aromatic carbocycles. The van der Waals surface area contributed by atoms with Crippen molar-refractivity contribution in [3.8, 4) is 0 Å². The summed E-state index contributed by atoms with van der Waals surface area (Å²) in [4.78, 5) is 30.0. The van der Waals surface area contributed by atoms with E-state index in [0.717, 1.165) is 33.4 Å². The Morgan fingerprint density at radius 2 is 2.13 bits per heavy atom. The third-order valence-electron chi connectivity index (χ3n) is 5.78. The molecule has 0 bridgehead atoms. The van der Waals surface area contributed by atoms with Crippen LogP contribution in [0.2, 0.25) is 5.02 Å². The van der Waals surface area contributed by atoms with Crippen LogP contribution in [0.25, 0.3) is 17.0 Å². The minimum Gasteiger partial charge on any atom is -0.460 e. The zero-order valence-corrected chi connectivity index (χ0v) is 17.2. The van der Waals surface area contributed by atoms with E-state index < -0.39 is 0 Å². The van der Waals surface area contributed by atoms with Crippen LogP contribution in [0.15, 0.2) is 41.0 Å². The Hall–Kier alpha value is -3.12. The lowest BCUT2D eigenvalue weighted by atomic mass is 9.94. The van der Waals surface area contributed by atoms with Crippen LogP contribution in [0, 0.1) is 6.92 Å². The van der Waals surface area contributed by atoms with Gasteiger partial charge < -0.3 is 14.6 Å². The van der Waals surface area contributed by atoms with Gasteiger partial charge in [0.1, 0.15) is 17.2 Å². The first-order valence-corrected chi connectivity index (χ1v) is 10.3. The van der Waals surface area contributed by atoms with Crippen LogP contribution in [0.1, 0.15) is 34.8 Å². The molecule has 2 aliphatic heterocycles. The lowest BCUT2D eigenvalue weighted by molar-refractivity contribution is -0.130. The van der Waals surface area contributed by atoms with Gasteiger partial charge in [-0.25, -0.2) is 4.98 Å². The molecule has 0 atom stereocenters. The van der Waals surface area contributed by atoms with Gasteiger partial charge in [-0.3, -0.25) is 9.59 Å². The van der Waals surface area contributed by atoms with Gasteiger partial charge in [0.2, 0.25) is 11.8 Å². The number of rotatable bonds is 3. The van der Waals surface area contributed by atoms with Crippen molar-refractivity contribution in [2.45, 2.75) is 25.7 Å². The van der Waals surface area contributed by atoms with Gasteiger partial charge in [-0.1, -0.05) is 11.6 Å². The number of pyridine rings is 1. The fourth-order valence-corrected chi connectivity index (χ4v) is 4.24. The van der Waals surface area contributed by atoms with Crippen molar-refractivity contribution >= 4 is 46.3 Å². The Morgan fingerprint density at radius 3 is 2.97 bits per heavy atom.